The minimum absolute atomic E-state index is 0.442. The smallest absolute Gasteiger partial charge is 0.168 e. The first-order valence-electron chi connectivity index (χ1n) is 16.0. The summed E-state index contributed by atoms with van der Waals surface area (Å²) in [7, 11) is -1.61. The number of unbranched alkanes of at least 4 members (excludes halogenated alkanes) is 5. The highest BCUT2D eigenvalue weighted by atomic mass is 28.3. The molecule has 232 valence electrons. The molecule has 0 unspecified atom stereocenters. The molecule has 2 aromatic carbocycles. The van der Waals surface area contributed by atoms with E-state index in [1.54, 1.807) is 5.19 Å². The molecule has 0 saturated heterocycles. The van der Waals surface area contributed by atoms with E-state index in [0.717, 1.165) is 22.6 Å². The van der Waals surface area contributed by atoms with E-state index in [2.05, 4.69) is 88.5 Å². The normalized spacial score (nSPS) is 16.0. The maximum absolute atomic E-state index is 6.29. The first-order chi connectivity index (χ1) is 20.5. The van der Waals surface area contributed by atoms with Gasteiger partial charge >= 0.3 is 0 Å². The summed E-state index contributed by atoms with van der Waals surface area (Å²) in [5, 5.41) is 1.54. The van der Waals surface area contributed by atoms with Crippen LogP contribution >= 0.6 is 0 Å². The molecule has 0 atom stereocenters. The summed E-state index contributed by atoms with van der Waals surface area (Å²) in [6.07, 6.45) is 16.9. The maximum atomic E-state index is 6.29. The van der Waals surface area contributed by atoms with Gasteiger partial charge in [-0.1, -0.05) is 124 Å². The van der Waals surface area contributed by atoms with Crippen LogP contribution in [-0.2, 0) is 14.2 Å². The second kappa shape index (κ2) is 19.0. The molecule has 1 heterocycles. The van der Waals surface area contributed by atoms with E-state index in [-0.39, 0.29) is 0 Å². The van der Waals surface area contributed by atoms with Gasteiger partial charge in [-0.25, -0.2) is 0 Å². The zero-order valence-electron chi connectivity index (χ0n) is 26.8. The maximum Gasteiger partial charge on any atom is 0.168 e. The third-order valence-electron chi connectivity index (χ3n) is 7.79. The molecule has 0 aromatic heterocycles. The third kappa shape index (κ3) is 11.4. The van der Waals surface area contributed by atoms with Gasteiger partial charge in [-0.15, -0.1) is 0 Å². The molecule has 0 spiro atoms. The number of allylic oxidation sites excluding steroid dienone is 1. The van der Waals surface area contributed by atoms with Crippen molar-refractivity contribution in [3.8, 4) is 11.5 Å². The van der Waals surface area contributed by atoms with E-state index < -0.39 is 8.07 Å². The van der Waals surface area contributed by atoms with Crippen molar-refractivity contribution in [2.24, 2.45) is 0 Å². The fourth-order valence-corrected chi connectivity index (χ4v) is 8.25. The van der Waals surface area contributed by atoms with Crippen molar-refractivity contribution in [3.63, 3.8) is 0 Å². The largest absolute Gasteiger partial charge is 0.487 e. The lowest BCUT2D eigenvalue weighted by molar-refractivity contribution is 0.00706. The van der Waals surface area contributed by atoms with E-state index in [1.807, 2.05) is 0 Å². The van der Waals surface area contributed by atoms with Gasteiger partial charge in [0.2, 0.25) is 0 Å². The van der Waals surface area contributed by atoms with Gasteiger partial charge in [-0.05, 0) is 30.5 Å². The molecule has 42 heavy (non-hydrogen) atoms. The van der Waals surface area contributed by atoms with Crippen LogP contribution in [0.2, 0.25) is 19.1 Å². The van der Waals surface area contributed by atoms with Gasteiger partial charge in [-0.3, -0.25) is 0 Å². The minimum atomic E-state index is -1.61. The Bertz CT molecular complexity index is 1120. The molecular weight excluding hydrogens is 540 g/mol. The Kier molecular flexibility index (Phi) is 15.4. The zero-order chi connectivity index (χ0) is 30.0. The first kappa shape index (κ1) is 34.1. The highest BCUT2D eigenvalue weighted by Crippen LogP contribution is 2.36. The van der Waals surface area contributed by atoms with Crippen LogP contribution in [0.3, 0.4) is 0 Å². The third-order valence-corrected chi connectivity index (χ3v) is 11.3. The molecule has 5 nitrogen and oxygen atoms in total. The summed E-state index contributed by atoms with van der Waals surface area (Å²) in [4.78, 5) is 0. The second-order valence-electron chi connectivity index (χ2n) is 11.7. The highest BCUT2D eigenvalue weighted by Gasteiger charge is 2.25. The van der Waals surface area contributed by atoms with Crippen LogP contribution in [0.15, 0.2) is 36.4 Å². The molecule has 0 radical (unpaired) electrons. The van der Waals surface area contributed by atoms with Crippen LogP contribution in [0.1, 0.15) is 74.6 Å². The number of hydrogen-bond acceptors (Lipinski definition) is 5. The number of aryl methyl sites for hydroxylation is 1. The summed E-state index contributed by atoms with van der Waals surface area (Å²) in [5.41, 5.74) is 4.61. The van der Waals surface area contributed by atoms with E-state index in [4.69, 9.17) is 23.7 Å². The zero-order valence-corrected chi connectivity index (χ0v) is 27.8. The molecule has 0 aliphatic carbocycles. The summed E-state index contributed by atoms with van der Waals surface area (Å²) >= 11 is 0. The molecule has 3 rings (SSSR count). The molecule has 1 aliphatic rings. The number of hydrogen-bond donors (Lipinski definition) is 0. The van der Waals surface area contributed by atoms with Crippen molar-refractivity contribution in [2.45, 2.75) is 78.4 Å². The summed E-state index contributed by atoms with van der Waals surface area (Å²) in [6.45, 7) is 15.6. The van der Waals surface area contributed by atoms with Crippen molar-refractivity contribution < 1.29 is 23.7 Å². The lowest BCUT2D eigenvalue weighted by Crippen LogP contribution is -2.42. The van der Waals surface area contributed by atoms with E-state index in [9.17, 15) is 0 Å². The Hall–Kier alpha value is -2.38. The topological polar surface area (TPSA) is 46.2 Å². The predicted octanol–water partition coefficient (Wildman–Crippen LogP) is 8.30. The van der Waals surface area contributed by atoms with Crippen LogP contribution in [-0.4, -0.2) is 60.9 Å². The number of ether oxygens (including phenoxy) is 5. The Morgan fingerprint density at radius 1 is 0.667 bits per heavy atom. The fraction of sp³-hybridized carbons (Fsp3) is 0.556. The molecule has 2 aromatic rings. The molecule has 0 saturated carbocycles. The molecule has 1 aliphatic heterocycles. The molecular formula is C36H54O5Si. The van der Waals surface area contributed by atoms with Crippen molar-refractivity contribution >= 4 is 31.5 Å². The minimum Gasteiger partial charge on any atom is -0.487 e. The Labute approximate surface area is 256 Å². The van der Waals surface area contributed by atoms with Gasteiger partial charge < -0.3 is 23.7 Å². The fourth-order valence-electron chi connectivity index (χ4n) is 5.34. The molecule has 0 bridgehead atoms. The lowest BCUT2D eigenvalue weighted by atomic mass is 10.1. The Morgan fingerprint density at radius 2 is 1.26 bits per heavy atom. The van der Waals surface area contributed by atoms with Gasteiger partial charge in [0.25, 0.3) is 0 Å². The standard InChI is InChI=1S/C36H54O5Si/c1-6-8-9-10-11-12-28-42(4,5)34-29-31(15-18-32(34)13-7-2)16-19-33-17-14-30(3)35-36(33)41-27-25-39-23-21-37-20-22-38-24-26-40-35/h7,13-19,29H,6,8-12,20-28H2,1-5H3/b13-7+,19-16+. The molecule has 6 heteroatoms. The van der Waals surface area contributed by atoms with Gasteiger partial charge in [0.1, 0.15) is 13.2 Å². The van der Waals surface area contributed by atoms with E-state index in [1.165, 1.54) is 55.7 Å². The second-order valence-corrected chi connectivity index (χ2v) is 16.6. The Balaban J connectivity index is 1.83. The van der Waals surface area contributed by atoms with Crippen molar-refractivity contribution in [2.75, 3.05) is 52.9 Å². The molecule has 0 amide bonds. The monoisotopic (exact) mass is 594 g/mol. The van der Waals surface area contributed by atoms with Gasteiger partial charge in [0.15, 0.2) is 11.5 Å². The van der Waals surface area contributed by atoms with Gasteiger partial charge in [0, 0.05) is 5.56 Å². The van der Waals surface area contributed by atoms with Gasteiger partial charge in [0.05, 0.1) is 47.7 Å². The summed E-state index contributed by atoms with van der Waals surface area (Å²) in [6, 6.07) is 12.5. The van der Waals surface area contributed by atoms with E-state index >= 15 is 0 Å². The summed E-state index contributed by atoms with van der Waals surface area (Å²) < 4.78 is 29.4. The lowest BCUT2D eigenvalue weighted by Gasteiger charge is -2.26. The SMILES string of the molecule is C/C=C/c1ccc(/C=C/c2ccc(C)c3c2OCCOCCOCCOCCO3)cc1[Si](C)(C)CCCCCCCC. The number of fused-ring (bicyclic) bond motifs is 1. The number of rotatable bonds is 11. The van der Waals surface area contributed by atoms with Crippen molar-refractivity contribution in [1.82, 2.24) is 0 Å². The average Bonchev–Trinajstić information content (AvgIpc) is 2.99. The van der Waals surface area contributed by atoms with Crippen LogP contribution < -0.4 is 14.7 Å². The quantitative estimate of drug-likeness (QED) is 0.149. The van der Waals surface area contributed by atoms with Crippen LogP contribution in [0.25, 0.3) is 18.2 Å². The van der Waals surface area contributed by atoms with Crippen molar-refractivity contribution in [3.05, 3.63) is 58.7 Å². The predicted molar refractivity (Wildman–Crippen MR) is 180 cm³/mol. The van der Waals surface area contributed by atoms with Crippen molar-refractivity contribution in [1.29, 1.82) is 0 Å². The number of benzene rings is 2. The molecule has 0 N–H and O–H groups in total. The van der Waals surface area contributed by atoms with Crippen LogP contribution in [0.4, 0.5) is 0 Å². The highest BCUT2D eigenvalue weighted by molar-refractivity contribution is 6.90. The average molecular weight is 595 g/mol. The molecule has 0 fully saturated rings. The van der Waals surface area contributed by atoms with Crippen LogP contribution in [0, 0.1) is 6.92 Å². The first-order valence-corrected chi connectivity index (χ1v) is 19.2. The van der Waals surface area contributed by atoms with Gasteiger partial charge in [-0.2, -0.15) is 0 Å². The summed E-state index contributed by atoms with van der Waals surface area (Å²) in [5.74, 6) is 1.52. The van der Waals surface area contributed by atoms with Crippen LogP contribution in [0.5, 0.6) is 11.5 Å². The Morgan fingerprint density at radius 3 is 1.93 bits per heavy atom. The van der Waals surface area contributed by atoms with E-state index in [0.29, 0.717) is 52.9 Å².